The molecule has 1 saturated carbocycles. The number of fused-ring (bicyclic) bond motifs is 1. The fraction of sp³-hybridized carbons (Fsp3) is 0.800. The third-order valence-electron chi connectivity index (χ3n) is 5.20. The van der Waals surface area contributed by atoms with E-state index in [1.165, 1.54) is 6.26 Å². The Labute approximate surface area is 171 Å². The predicted octanol–water partition coefficient (Wildman–Crippen LogP) is 2.37. The van der Waals surface area contributed by atoms with Crippen LogP contribution in [0.1, 0.15) is 47.0 Å². The summed E-state index contributed by atoms with van der Waals surface area (Å²) in [6.45, 7) is 7.62. The molecule has 28 heavy (non-hydrogen) atoms. The van der Waals surface area contributed by atoms with Gasteiger partial charge in [-0.15, -0.1) is 11.6 Å². The lowest BCUT2D eigenvalue weighted by atomic mass is 9.81. The van der Waals surface area contributed by atoms with E-state index < -0.39 is 29.9 Å². The van der Waals surface area contributed by atoms with Crippen LogP contribution in [-0.2, 0) is 23.8 Å². The SMILES string of the molecule is CC(C)CC(=O)OCC1=CO[C@@H](OC(=O)CC(C)C)[C@H]2[C@@H]1C[C@H](O)[C@]2(O)CCl. The summed E-state index contributed by atoms with van der Waals surface area (Å²) in [4.78, 5) is 24.0. The highest BCUT2D eigenvalue weighted by Gasteiger charge is 2.60. The van der Waals surface area contributed by atoms with E-state index in [9.17, 15) is 19.8 Å². The topological polar surface area (TPSA) is 102 Å². The molecular weight excluding hydrogens is 388 g/mol. The molecule has 1 heterocycles. The van der Waals surface area contributed by atoms with Gasteiger partial charge < -0.3 is 24.4 Å². The van der Waals surface area contributed by atoms with Gasteiger partial charge in [0, 0.05) is 24.3 Å². The smallest absolute Gasteiger partial charge is 0.309 e. The molecule has 0 aromatic heterocycles. The highest BCUT2D eigenvalue weighted by Crippen LogP contribution is 2.49. The number of ether oxygens (including phenoxy) is 3. The minimum atomic E-state index is -1.67. The number of hydrogen-bond donors (Lipinski definition) is 2. The lowest BCUT2D eigenvalue weighted by Crippen LogP contribution is -2.53. The summed E-state index contributed by atoms with van der Waals surface area (Å²) in [5.41, 5.74) is -1.05. The van der Waals surface area contributed by atoms with Gasteiger partial charge in [0.05, 0.1) is 24.2 Å². The van der Waals surface area contributed by atoms with Crippen LogP contribution in [-0.4, -0.2) is 52.6 Å². The average molecular weight is 419 g/mol. The van der Waals surface area contributed by atoms with Gasteiger partial charge in [-0.2, -0.15) is 0 Å². The van der Waals surface area contributed by atoms with E-state index in [2.05, 4.69) is 0 Å². The first-order valence-electron chi connectivity index (χ1n) is 9.74. The molecule has 0 aromatic carbocycles. The first-order valence-corrected chi connectivity index (χ1v) is 10.3. The van der Waals surface area contributed by atoms with Crippen molar-refractivity contribution in [2.24, 2.45) is 23.7 Å². The maximum atomic E-state index is 12.1. The number of carbonyl (C=O) groups excluding carboxylic acids is 2. The summed E-state index contributed by atoms with van der Waals surface area (Å²) in [5.74, 6) is -1.86. The van der Waals surface area contributed by atoms with Crippen LogP contribution in [0.4, 0.5) is 0 Å². The number of rotatable bonds is 8. The van der Waals surface area contributed by atoms with Crippen LogP contribution >= 0.6 is 11.6 Å². The number of hydrogen-bond acceptors (Lipinski definition) is 7. The van der Waals surface area contributed by atoms with Crippen molar-refractivity contribution in [1.29, 1.82) is 0 Å². The second kappa shape index (κ2) is 9.46. The highest BCUT2D eigenvalue weighted by molar-refractivity contribution is 6.18. The lowest BCUT2D eigenvalue weighted by Gasteiger charge is -2.39. The van der Waals surface area contributed by atoms with Crippen LogP contribution in [0.5, 0.6) is 0 Å². The number of aliphatic hydroxyl groups excluding tert-OH is 1. The summed E-state index contributed by atoms with van der Waals surface area (Å²) < 4.78 is 16.3. The molecule has 0 bridgehead atoms. The summed E-state index contributed by atoms with van der Waals surface area (Å²) in [6, 6.07) is 0. The van der Waals surface area contributed by atoms with Gasteiger partial charge in [0.15, 0.2) is 0 Å². The minimum absolute atomic E-state index is 0.00946. The Morgan fingerprint density at radius 3 is 2.43 bits per heavy atom. The van der Waals surface area contributed by atoms with Gasteiger partial charge in [0.25, 0.3) is 0 Å². The van der Waals surface area contributed by atoms with Gasteiger partial charge in [-0.3, -0.25) is 9.59 Å². The van der Waals surface area contributed by atoms with E-state index in [1.54, 1.807) is 0 Å². The Hall–Kier alpha value is -1.31. The molecule has 2 aliphatic rings. The first-order chi connectivity index (χ1) is 13.1. The molecule has 0 radical (unpaired) electrons. The number of alkyl halides is 1. The molecule has 0 unspecified atom stereocenters. The Balaban J connectivity index is 2.17. The predicted molar refractivity (Wildman–Crippen MR) is 102 cm³/mol. The van der Waals surface area contributed by atoms with E-state index in [4.69, 9.17) is 25.8 Å². The zero-order valence-electron chi connectivity index (χ0n) is 16.9. The Bertz CT molecular complexity index is 603. The monoisotopic (exact) mass is 418 g/mol. The zero-order valence-corrected chi connectivity index (χ0v) is 17.6. The molecule has 0 saturated heterocycles. The van der Waals surface area contributed by atoms with Crippen molar-refractivity contribution in [2.75, 3.05) is 12.5 Å². The number of aliphatic hydroxyl groups is 2. The molecular formula is C20H31ClO7. The van der Waals surface area contributed by atoms with Crippen molar-refractivity contribution in [3.05, 3.63) is 11.8 Å². The van der Waals surface area contributed by atoms with Crippen molar-refractivity contribution in [3.8, 4) is 0 Å². The van der Waals surface area contributed by atoms with Crippen molar-refractivity contribution >= 4 is 23.5 Å². The van der Waals surface area contributed by atoms with Crippen molar-refractivity contribution in [3.63, 3.8) is 0 Å². The highest BCUT2D eigenvalue weighted by atomic mass is 35.5. The zero-order chi connectivity index (χ0) is 21.1. The maximum absolute atomic E-state index is 12.1. The van der Waals surface area contributed by atoms with Gasteiger partial charge in [-0.25, -0.2) is 0 Å². The van der Waals surface area contributed by atoms with Crippen LogP contribution in [0.2, 0.25) is 0 Å². The minimum Gasteiger partial charge on any atom is -0.462 e. The molecule has 8 heteroatoms. The normalized spacial score (nSPS) is 32.0. The first kappa shape index (κ1) is 23.0. The fourth-order valence-electron chi connectivity index (χ4n) is 3.78. The maximum Gasteiger partial charge on any atom is 0.309 e. The van der Waals surface area contributed by atoms with Crippen LogP contribution in [0.3, 0.4) is 0 Å². The molecule has 1 aliphatic heterocycles. The summed E-state index contributed by atoms with van der Waals surface area (Å²) in [6.07, 6.45) is -0.0450. The van der Waals surface area contributed by atoms with E-state index in [0.717, 1.165) is 0 Å². The molecule has 0 aromatic rings. The van der Waals surface area contributed by atoms with Crippen LogP contribution in [0.15, 0.2) is 11.8 Å². The number of esters is 2. The standard InChI is InChI=1S/C20H31ClO7/c1-11(2)5-16(23)26-8-13-9-27-19(28-17(24)6-12(3)4)18-14(13)7-15(22)20(18,25)10-21/h9,11-12,14-15,18-19,22,25H,5-8,10H2,1-4H3/t14-,15+,18-,19+,20-/m1/s1. The van der Waals surface area contributed by atoms with Crippen LogP contribution in [0.25, 0.3) is 0 Å². The van der Waals surface area contributed by atoms with E-state index in [-0.39, 0.29) is 49.1 Å². The fourth-order valence-corrected chi connectivity index (χ4v) is 4.14. The second-order valence-corrected chi connectivity index (χ2v) is 8.82. The number of carbonyl (C=O) groups is 2. The molecule has 7 nitrogen and oxygen atoms in total. The van der Waals surface area contributed by atoms with Gasteiger partial charge in [0.1, 0.15) is 12.2 Å². The lowest BCUT2D eigenvalue weighted by molar-refractivity contribution is -0.208. The molecule has 2 N–H and O–H groups in total. The van der Waals surface area contributed by atoms with Gasteiger partial charge in [0.2, 0.25) is 6.29 Å². The van der Waals surface area contributed by atoms with Crippen molar-refractivity contribution in [1.82, 2.24) is 0 Å². The summed E-state index contributed by atoms with van der Waals surface area (Å²) in [5, 5.41) is 21.4. The summed E-state index contributed by atoms with van der Waals surface area (Å²) >= 11 is 5.97. The Kier molecular flexibility index (Phi) is 7.76. The number of halogens is 1. The summed E-state index contributed by atoms with van der Waals surface area (Å²) in [7, 11) is 0. The van der Waals surface area contributed by atoms with Crippen molar-refractivity contribution in [2.45, 2.75) is 65.0 Å². The molecule has 1 aliphatic carbocycles. The third-order valence-corrected chi connectivity index (χ3v) is 5.63. The van der Waals surface area contributed by atoms with E-state index >= 15 is 0 Å². The molecule has 0 amide bonds. The van der Waals surface area contributed by atoms with Gasteiger partial charge in [-0.05, 0) is 18.3 Å². The van der Waals surface area contributed by atoms with E-state index in [1.807, 2.05) is 27.7 Å². The third kappa shape index (κ3) is 5.19. The van der Waals surface area contributed by atoms with Crippen LogP contribution < -0.4 is 0 Å². The Morgan fingerprint density at radius 2 is 1.86 bits per heavy atom. The second-order valence-electron chi connectivity index (χ2n) is 8.55. The van der Waals surface area contributed by atoms with Gasteiger partial charge >= 0.3 is 11.9 Å². The molecule has 2 rings (SSSR count). The average Bonchev–Trinajstić information content (AvgIpc) is 2.85. The molecule has 0 spiro atoms. The Morgan fingerprint density at radius 1 is 1.25 bits per heavy atom. The molecule has 5 atom stereocenters. The molecule has 160 valence electrons. The largest absolute Gasteiger partial charge is 0.462 e. The van der Waals surface area contributed by atoms with E-state index in [0.29, 0.717) is 12.0 Å². The van der Waals surface area contributed by atoms with Crippen LogP contribution in [0, 0.1) is 23.7 Å². The van der Waals surface area contributed by atoms with Crippen molar-refractivity contribution < 1.29 is 34.0 Å². The molecule has 1 fully saturated rings. The quantitative estimate of drug-likeness (QED) is 0.460. The van der Waals surface area contributed by atoms with Gasteiger partial charge in [-0.1, -0.05) is 27.7 Å².